The summed E-state index contributed by atoms with van der Waals surface area (Å²) >= 11 is 5.81. The summed E-state index contributed by atoms with van der Waals surface area (Å²) in [6.07, 6.45) is 6.18. The van der Waals surface area contributed by atoms with Gasteiger partial charge in [0.2, 0.25) is 0 Å². The maximum Gasteiger partial charge on any atom is 0.0406 e. The highest BCUT2D eigenvalue weighted by molar-refractivity contribution is 6.30. The van der Waals surface area contributed by atoms with Crippen LogP contribution in [-0.4, -0.2) is 0 Å². The molecule has 1 heteroatoms. The third kappa shape index (κ3) is 3.25. The Kier molecular flexibility index (Phi) is 3.79. The molecule has 1 radical (unpaired) electrons. The van der Waals surface area contributed by atoms with Gasteiger partial charge in [0.1, 0.15) is 0 Å². The Morgan fingerprint density at radius 3 is 2.12 bits per heavy atom. The highest BCUT2D eigenvalue weighted by Gasteiger charge is 1.90. The number of halogens is 1. The van der Waals surface area contributed by atoms with Gasteiger partial charge >= 0.3 is 0 Å². The standard InChI is InChI=1S/C15H12Cl/c16-15-11-9-14(10-12-15)8-4-7-13-5-2-1-3-6-13/h1-12H/b7-4+. The molecule has 0 aliphatic rings. The van der Waals surface area contributed by atoms with Gasteiger partial charge in [-0.25, -0.2) is 0 Å². The van der Waals surface area contributed by atoms with Crippen LogP contribution in [0.3, 0.4) is 0 Å². The maximum absolute atomic E-state index is 5.81. The molecule has 2 aromatic carbocycles. The summed E-state index contributed by atoms with van der Waals surface area (Å²) in [4.78, 5) is 0. The van der Waals surface area contributed by atoms with Crippen molar-refractivity contribution in [2.75, 3.05) is 0 Å². The SMILES string of the molecule is Clc1ccc([CH]/C=C/c2ccccc2)cc1. The van der Waals surface area contributed by atoms with Crippen LogP contribution in [0.5, 0.6) is 0 Å². The molecular weight excluding hydrogens is 216 g/mol. The van der Waals surface area contributed by atoms with Crippen molar-refractivity contribution in [3.05, 3.63) is 83.2 Å². The molecule has 0 nitrogen and oxygen atoms in total. The van der Waals surface area contributed by atoms with Crippen molar-refractivity contribution < 1.29 is 0 Å². The first-order valence-electron chi connectivity index (χ1n) is 5.17. The Bertz CT molecular complexity index is 455. The Hall–Kier alpha value is -1.53. The number of allylic oxidation sites excluding steroid dienone is 1. The van der Waals surface area contributed by atoms with Gasteiger partial charge in [0, 0.05) is 11.4 Å². The molecule has 0 saturated carbocycles. The van der Waals surface area contributed by atoms with Crippen molar-refractivity contribution >= 4 is 17.7 Å². The average Bonchev–Trinajstić information content (AvgIpc) is 2.33. The maximum atomic E-state index is 5.81. The van der Waals surface area contributed by atoms with Crippen LogP contribution in [0.2, 0.25) is 5.02 Å². The van der Waals surface area contributed by atoms with Gasteiger partial charge < -0.3 is 0 Å². The van der Waals surface area contributed by atoms with Gasteiger partial charge in [0.15, 0.2) is 0 Å². The Labute approximate surface area is 101 Å². The van der Waals surface area contributed by atoms with Crippen molar-refractivity contribution in [1.29, 1.82) is 0 Å². The lowest BCUT2D eigenvalue weighted by Gasteiger charge is -1.96. The minimum Gasteiger partial charge on any atom is -0.0843 e. The normalized spacial score (nSPS) is 10.8. The molecule has 16 heavy (non-hydrogen) atoms. The molecule has 0 aliphatic carbocycles. The molecule has 0 aromatic heterocycles. The van der Waals surface area contributed by atoms with Gasteiger partial charge in [0.05, 0.1) is 0 Å². The second-order valence-electron chi connectivity index (χ2n) is 3.49. The van der Waals surface area contributed by atoms with Crippen LogP contribution < -0.4 is 0 Å². The number of hydrogen-bond acceptors (Lipinski definition) is 0. The first kappa shape index (κ1) is 11.0. The van der Waals surface area contributed by atoms with Crippen LogP contribution in [0, 0.1) is 6.42 Å². The second kappa shape index (κ2) is 5.53. The lowest BCUT2D eigenvalue weighted by Crippen LogP contribution is -1.76. The first-order chi connectivity index (χ1) is 7.84. The minimum atomic E-state index is 0.768. The summed E-state index contributed by atoms with van der Waals surface area (Å²) in [7, 11) is 0. The van der Waals surface area contributed by atoms with E-state index in [1.165, 1.54) is 5.56 Å². The molecule has 0 saturated heterocycles. The summed E-state index contributed by atoms with van der Waals surface area (Å²) in [6, 6.07) is 18.0. The summed E-state index contributed by atoms with van der Waals surface area (Å²) in [6.45, 7) is 0. The molecule has 0 bridgehead atoms. The van der Waals surface area contributed by atoms with Crippen LogP contribution in [0.1, 0.15) is 11.1 Å². The van der Waals surface area contributed by atoms with E-state index in [9.17, 15) is 0 Å². The van der Waals surface area contributed by atoms with Crippen LogP contribution in [0.25, 0.3) is 6.08 Å². The molecule has 0 amide bonds. The lowest BCUT2D eigenvalue weighted by atomic mass is 10.1. The topological polar surface area (TPSA) is 0 Å². The highest BCUT2D eigenvalue weighted by atomic mass is 35.5. The summed E-state index contributed by atoms with van der Waals surface area (Å²) in [5.74, 6) is 0. The minimum absolute atomic E-state index is 0.768. The highest BCUT2D eigenvalue weighted by Crippen LogP contribution is 2.12. The van der Waals surface area contributed by atoms with Gasteiger partial charge in [0.25, 0.3) is 0 Å². The fourth-order valence-electron chi connectivity index (χ4n) is 1.41. The fraction of sp³-hybridized carbons (Fsp3) is 0. The molecule has 0 N–H and O–H groups in total. The van der Waals surface area contributed by atoms with Crippen molar-refractivity contribution in [2.45, 2.75) is 0 Å². The van der Waals surface area contributed by atoms with Crippen molar-refractivity contribution in [3.63, 3.8) is 0 Å². The van der Waals surface area contributed by atoms with Crippen LogP contribution in [-0.2, 0) is 0 Å². The van der Waals surface area contributed by atoms with E-state index in [0.717, 1.165) is 10.6 Å². The summed E-state index contributed by atoms with van der Waals surface area (Å²) in [5, 5.41) is 0.768. The predicted octanol–water partition coefficient (Wildman–Crippen LogP) is 4.61. The molecular formula is C15H12Cl. The predicted molar refractivity (Wildman–Crippen MR) is 70.3 cm³/mol. The zero-order valence-electron chi connectivity index (χ0n) is 8.81. The van der Waals surface area contributed by atoms with E-state index >= 15 is 0 Å². The van der Waals surface area contributed by atoms with E-state index in [2.05, 4.69) is 24.6 Å². The van der Waals surface area contributed by atoms with Gasteiger partial charge in [-0.2, -0.15) is 0 Å². The van der Waals surface area contributed by atoms with Crippen molar-refractivity contribution in [3.8, 4) is 0 Å². The van der Waals surface area contributed by atoms with Crippen LogP contribution >= 0.6 is 11.6 Å². The Morgan fingerprint density at radius 1 is 0.750 bits per heavy atom. The molecule has 0 atom stereocenters. The molecule has 2 rings (SSSR count). The molecule has 0 spiro atoms. The molecule has 2 aromatic rings. The van der Waals surface area contributed by atoms with Crippen molar-refractivity contribution in [2.24, 2.45) is 0 Å². The Balaban J connectivity index is 1.97. The number of hydrogen-bond donors (Lipinski definition) is 0. The summed E-state index contributed by atoms with van der Waals surface area (Å²) < 4.78 is 0. The third-order valence-electron chi connectivity index (χ3n) is 2.25. The second-order valence-corrected chi connectivity index (χ2v) is 3.92. The summed E-state index contributed by atoms with van der Waals surface area (Å²) in [5.41, 5.74) is 2.35. The zero-order chi connectivity index (χ0) is 11.2. The monoisotopic (exact) mass is 227 g/mol. The number of benzene rings is 2. The lowest BCUT2D eigenvalue weighted by molar-refractivity contribution is 1.52. The fourth-order valence-corrected chi connectivity index (χ4v) is 1.53. The van der Waals surface area contributed by atoms with E-state index in [1.807, 2.05) is 48.5 Å². The van der Waals surface area contributed by atoms with E-state index < -0.39 is 0 Å². The molecule has 0 aliphatic heterocycles. The molecule has 0 fully saturated rings. The van der Waals surface area contributed by atoms with Crippen molar-refractivity contribution in [1.82, 2.24) is 0 Å². The van der Waals surface area contributed by atoms with Gasteiger partial charge in [-0.05, 0) is 23.3 Å². The Morgan fingerprint density at radius 2 is 1.44 bits per heavy atom. The average molecular weight is 228 g/mol. The van der Waals surface area contributed by atoms with E-state index in [-0.39, 0.29) is 0 Å². The van der Waals surface area contributed by atoms with E-state index in [1.54, 1.807) is 0 Å². The smallest absolute Gasteiger partial charge is 0.0406 e. The molecule has 0 unspecified atom stereocenters. The van der Waals surface area contributed by atoms with Crippen LogP contribution in [0.4, 0.5) is 0 Å². The van der Waals surface area contributed by atoms with Gasteiger partial charge in [-0.3, -0.25) is 0 Å². The quantitative estimate of drug-likeness (QED) is 0.719. The van der Waals surface area contributed by atoms with E-state index in [0.29, 0.717) is 0 Å². The first-order valence-corrected chi connectivity index (χ1v) is 5.54. The number of rotatable bonds is 3. The molecule has 0 heterocycles. The molecule has 79 valence electrons. The van der Waals surface area contributed by atoms with Gasteiger partial charge in [-0.1, -0.05) is 66.2 Å². The third-order valence-corrected chi connectivity index (χ3v) is 2.50. The van der Waals surface area contributed by atoms with E-state index in [4.69, 9.17) is 11.6 Å². The zero-order valence-corrected chi connectivity index (χ0v) is 9.56. The van der Waals surface area contributed by atoms with Crippen LogP contribution in [0.15, 0.2) is 60.7 Å². The van der Waals surface area contributed by atoms with Gasteiger partial charge in [-0.15, -0.1) is 0 Å². The largest absolute Gasteiger partial charge is 0.0843 e.